The molecule has 24 rings (SSSR count). The number of benzene rings is 19. The van der Waals surface area contributed by atoms with Crippen molar-refractivity contribution in [3.8, 4) is 0 Å². The van der Waals surface area contributed by atoms with Crippen molar-refractivity contribution >= 4 is 213 Å². The number of hydrogen-bond acceptors (Lipinski definition) is 10. The van der Waals surface area contributed by atoms with Crippen molar-refractivity contribution in [1.82, 2.24) is 0 Å². The van der Waals surface area contributed by atoms with Crippen LogP contribution in [-0.2, 0) is 0 Å². The minimum Gasteiger partial charge on any atom is -0.343 e. The van der Waals surface area contributed by atoms with Crippen LogP contribution in [0.25, 0.3) is 97.0 Å². The van der Waals surface area contributed by atoms with E-state index >= 15 is 0 Å². The second kappa shape index (κ2) is 50.0. The van der Waals surface area contributed by atoms with Gasteiger partial charge in [-0.25, -0.2) is 0 Å². The number of rotatable bonds is 0. The van der Waals surface area contributed by atoms with E-state index in [1.807, 2.05) is 197 Å². The van der Waals surface area contributed by atoms with Crippen molar-refractivity contribution in [3.05, 3.63) is 352 Å². The van der Waals surface area contributed by atoms with Crippen molar-refractivity contribution < 1.29 is 0 Å². The largest absolute Gasteiger partial charge is 0.343 e. The Morgan fingerprint density at radius 3 is 0.695 bits per heavy atom. The van der Waals surface area contributed by atoms with E-state index in [0.717, 1.165) is 0 Å². The first kappa shape index (κ1) is 101. The SMILES string of the molecule is CC.CC.CC.CC.CC.CC.CC.CC.CC.CC.CN1c2c(ccc3ccccc23)Sc2ccc3ccccc3c21.CN1c2cc3ccccc3cc2Sc2c1ccc1ccccc21.CN1c2ccc3ccccc3c2Sc2c1ccc1ccccc21.CN1c2ccc3ccccc3c2Sc2ccc3ccccc3c21.CN1c2ccccc2Sc2cc3ccccc3cc21. The van der Waals surface area contributed by atoms with E-state index in [4.69, 9.17) is 0 Å². The maximum atomic E-state index is 2.37. The lowest BCUT2D eigenvalue weighted by Gasteiger charge is -2.32. The molecule has 19 aromatic carbocycles. The third kappa shape index (κ3) is 21.4. The molecule has 0 unspecified atom stereocenters. The molecule has 5 nitrogen and oxygen atoms in total. The Bertz CT molecular complexity index is 6730. The third-order valence-electron chi connectivity index (χ3n) is 22.1. The topological polar surface area (TPSA) is 16.2 Å². The van der Waals surface area contributed by atoms with Crippen molar-refractivity contribution in [2.24, 2.45) is 0 Å². The molecule has 0 saturated carbocycles. The fraction of sp³-hybridized carbons (Fsp3) is 0.207. The van der Waals surface area contributed by atoms with Gasteiger partial charge in [-0.1, -0.05) is 470 Å². The van der Waals surface area contributed by atoms with E-state index in [1.165, 1.54) is 203 Å². The average molecular weight is 1820 g/mol. The van der Waals surface area contributed by atoms with E-state index in [2.05, 4.69) is 412 Å². The first-order valence-corrected chi connectivity index (χ1v) is 51.6. The van der Waals surface area contributed by atoms with Gasteiger partial charge in [0.2, 0.25) is 0 Å². The maximum Gasteiger partial charge on any atom is 0.0630 e. The zero-order valence-corrected chi connectivity index (χ0v) is 85.8. The number of nitrogens with zero attached hydrogens (tertiary/aromatic N) is 5. The number of anilines is 10. The quantitative estimate of drug-likeness (QED) is 0.145. The molecular formula is C121H133N5S5. The van der Waals surface area contributed by atoms with Crippen LogP contribution in [0.2, 0.25) is 0 Å². The molecule has 5 aliphatic heterocycles. The van der Waals surface area contributed by atoms with Crippen LogP contribution >= 0.6 is 58.8 Å². The van der Waals surface area contributed by atoms with Gasteiger partial charge in [-0.2, -0.15) is 0 Å². The number of para-hydroxylation sites is 1. The van der Waals surface area contributed by atoms with Crippen LogP contribution in [0.1, 0.15) is 138 Å². The second-order valence-corrected chi connectivity index (χ2v) is 33.8. The molecule has 0 fully saturated rings. The summed E-state index contributed by atoms with van der Waals surface area (Å²) in [7, 11) is 10.9. The Morgan fingerprint density at radius 2 is 0.351 bits per heavy atom. The monoisotopic (exact) mass is 1820 g/mol. The fourth-order valence-electron chi connectivity index (χ4n) is 16.5. The lowest BCUT2D eigenvalue weighted by atomic mass is 10.0. The van der Waals surface area contributed by atoms with Gasteiger partial charge in [-0.05, 0) is 160 Å². The Kier molecular flexibility index (Phi) is 38.7. The smallest absolute Gasteiger partial charge is 0.0630 e. The van der Waals surface area contributed by atoms with Gasteiger partial charge in [0.05, 0.1) is 56.9 Å². The molecule has 5 aliphatic rings. The minimum atomic E-state index is 1.29. The van der Waals surface area contributed by atoms with E-state index < -0.39 is 0 Å². The van der Waals surface area contributed by atoms with E-state index in [9.17, 15) is 0 Å². The highest BCUT2D eigenvalue weighted by Gasteiger charge is 2.30. The van der Waals surface area contributed by atoms with Crippen molar-refractivity contribution in [2.45, 2.75) is 187 Å². The zero-order valence-electron chi connectivity index (χ0n) is 81.8. The summed E-state index contributed by atoms with van der Waals surface area (Å²) in [5, 5.41) is 23.6. The Labute approximate surface area is 805 Å². The Hall–Kier alpha value is -11.7. The molecule has 0 amide bonds. The van der Waals surface area contributed by atoms with Crippen molar-refractivity contribution in [1.29, 1.82) is 0 Å². The minimum absolute atomic E-state index is 1.29. The van der Waals surface area contributed by atoms with Crippen molar-refractivity contribution in [3.63, 3.8) is 0 Å². The molecule has 5 heterocycles. The van der Waals surface area contributed by atoms with E-state index in [0.29, 0.717) is 0 Å². The molecule has 0 atom stereocenters. The van der Waals surface area contributed by atoms with Gasteiger partial charge >= 0.3 is 0 Å². The normalized spacial score (nSPS) is 11.6. The predicted octanol–water partition coefficient (Wildman–Crippen LogP) is 40.2. The van der Waals surface area contributed by atoms with Crippen LogP contribution in [0.15, 0.2) is 401 Å². The molecule has 0 saturated heterocycles. The van der Waals surface area contributed by atoms with Gasteiger partial charge in [0, 0.05) is 100 Å². The molecule has 672 valence electrons. The van der Waals surface area contributed by atoms with Gasteiger partial charge in [0.15, 0.2) is 0 Å². The lowest BCUT2D eigenvalue weighted by Crippen LogP contribution is -2.15. The average Bonchev–Trinajstić information content (AvgIpc) is 0.718. The zero-order chi connectivity index (χ0) is 94.4. The molecular weight excluding hydrogens is 1680 g/mol. The van der Waals surface area contributed by atoms with E-state index in [1.54, 1.807) is 0 Å². The van der Waals surface area contributed by atoms with Crippen LogP contribution in [0, 0.1) is 0 Å². The van der Waals surface area contributed by atoms with Gasteiger partial charge in [-0.15, -0.1) is 0 Å². The summed E-state index contributed by atoms with van der Waals surface area (Å²) >= 11 is 9.42. The van der Waals surface area contributed by atoms with Crippen molar-refractivity contribution in [2.75, 3.05) is 59.7 Å². The Balaban J connectivity index is 0.000000162. The molecule has 0 spiro atoms. The highest BCUT2D eigenvalue weighted by atomic mass is 32.2. The van der Waals surface area contributed by atoms with E-state index in [-0.39, 0.29) is 0 Å². The number of hydrogen-bond donors (Lipinski definition) is 0. The molecule has 0 aromatic heterocycles. The second-order valence-electron chi connectivity index (χ2n) is 28.5. The van der Waals surface area contributed by atoms with Crippen LogP contribution in [-0.4, -0.2) is 35.2 Å². The molecule has 0 N–H and O–H groups in total. The summed E-state index contributed by atoms with van der Waals surface area (Å²) in [6.07, 6.45) is 0. The standard InChI is InChI=1S/4C21H15NS.C17H13NS.10C2H6/c1-22-18-12-10-15-7-3-5-9-17(15)21(18)23-19-13-11-14-6-2-4-8-16(14)20(19)22;1-22-20-16-8-4-2-6-14(16)10-12-18(20)23-19-13-11-15-7-3-5-9-17(15)21(19)22;1-22-18-12-10-14-6-2-4-8-16(14)20(18)23-21-17-9-5-3-7-15(17)11-13-19(21)22;1-22-18-11-10-14-6-4-5-9-17(14)21(18)23-20-13-16-8-3-2-7-15(16)12-19(20)22;1-18-14-8-4-5-9-16(14)19-17-11-13-7-3-2-6-12(13)10-15(17)18;10*1-2/h4*2-13H,1H3;2-11H,1H3;10*1-2H3. The van der Waals surface area contributed by atoms with Crippen LogP contribution in [0.5, 0.6) is 0 Å². The Morgan fingerprint density at radius 1 is 0.137 bits per heavy atom. The maximum absolute atomic E-state index is 2.37. The summed E-state index contributed by atoms with van der Waals surface area (Å²) in [5.41, 5.74) is 13.0. The van der Waals surface area contributed by atoms with Gasteiger partial charge in [0.1, 0.15) is 0 Å². The number of fused-ring (bicyclic) bond motifs is 26. The molecule has 0 radical (unpaired) electrons. The lowest BCUT2D eigenvalue weighted by molar-refractivity contribution is 1.12. The van der Waals surface area contributed by atoms with Gasteiger partial charge in [-0.3, -0.25) is 0 Å². The summed E-state index contributed by atoms with van der Waals surface area (Å²) in [6.45, 7) is 40.0. The molecule has 19 aromatic rings. The highest BCUT2D eigenvalue weighted by molar-refractivity contribution is 8.01. The third-order valence-corrected chi connectivity index (χ3v) is 28.0. The van der Waals surface area contributed by atoms with Crippen LogP contribution in [0.3, 0.4) is 0 Å². The summed E-state index contributed by atoms with van der Waals surface area (Å²) in [4.78, 5) is 25.0. The highest BCUT2D eigenvalue weighted by Crippen LogP contribution is 2.57. The van der Waals surface area contributed by atoms with Crippen LogP contribution in [0.4, 0.5) is 56.9 Å². The summed E-state index contributed by atoms with van der Waals surface area (Å²) < 4.78 is 0. The van der Waals surface area contributed by atoms with Crippen LogP contribution < -0.4 is 24.5 Å². The first-order chi connectivity index (χ1) is 64.6. The summed E-state index contributed by atoms with van der Waals surface area (Å²) in [6, 6.07) is 127. The predicted molar refractivity (Wildman–Crippen MR) is 596 cm³/mol. The molecule has 131 heavy (non-hydrogen) atoms. The molecule has 0 aliphatic carbocycles. The first-order valence-electron chi connectivity index (χ1n) is 47.5. The van der Waals surface area contributed by atoms with Gasteiger partial charge < -0.3 is 24.5 Å². The summed E-state index contributed by atoms with van der Waals surface area (Å²) in [5.74, 6) is 0. The molecule has 10 heteroatoms. The molecule has 0 bridgehead atoms. The fourth-order valence-corrected chi connectivity index (χ4v) is 22.9. The van der Waals surface area contributed by atoms with Gasteiger partial charge in [0.25, 0.3) is 0 Å².